The molecule has 1 aromatic carbocycles. The average Bonchev–Trinajstić information content (AvgIpc) is 3.31. The van der Waals surface area contributed by atoms with Gasteiger partial charge in [-0.3, -0.25) is 4.79 Å². The Morgan fingerprint density at radius 3 is 2.63 bits per heavy atom. The monoisotopic (exact) mass is 383 g/mol. The van der Waals surface area contributed by atoms with E-state index in [1.54, 1.807) is 16.2 Å². The number of aldehydes is 1. The van der Waals surface area contributed by atoms with Gasteiger partial charge in [-0.15, -0.1) is 11.3 Å². The topological polar surface area (TPSA) is 46.6 Å². The van der Waals surface area contributed by atoms with Crippen LogP contribution < -0.4 is 4.90 Å². The number of hydrogen-bond donors (Lipinski definition) is 0. The summed E-state index contributed by atoms with van der Waals surface area (Å²) in [7, 11) is 1.81. The van der Waals surface area contributed by atoms with Crippen LogP contribution in [0.25, 0.3) is 0 Å². The van der Waals surface area contributed by atoms with Gasteiger partial charge in [-0.25, -0.2) is 0 Å². The van der Waals surface area contributed by atoms with Crippen LogP contribution in [0.2, 0.25) is 0 Å². The highest BCUT2D eigenvalue weighted by molar-refractivity contribution is 7.10. The Bertz CT molecular complexity index is 885. The van der Waals surface area contributed by atoms with Gasteiger partial charge in [0.2, 0.25) is 0 Å². The predicted octanol–water partition coefficient (Wildman–Crippen LogP) is 4.50. The van der Waals surface area contributed by atoms with Gasteiger partial charge in [0.15, 0.2) is 5.60 Å². The second kappa shape index (κ2) is 6.01. The van der Waals surface area contributed by atoms with E-state index in [2.05, 4.69) is 26.8 Å². The molecule has 1 spiro atoms. The lowest BCUT2D eigenvalue weighted by Gasteiger charge is -2.41. The van der Waals surface area contributed by atoms with E-state index in [9.17, 15) is 9.59 Å². The molecule has 4 nitrogen and oxygen atoms in total. The van der Waals surface area contributed by atoms with Crippen LogP contribution in [0.1, 0.15) is 50.0 Å². The molecule has 0 saturated carbocycles. The molecule has 0 radical (unpaired) electrons. The molecule has 5 heteroatoms. The van der Waals surface area contributed by atoms with Crippen molar-refractivity contribution in [3.63, 3.8) is 0 Å². The summed E-state index contributed by atoms with van der Waals surface area (Å²) in [4.78, 5) is 28.1. The smallest absolute Gasteiger partial charge is 0.264 e. The fraction of sp³-hybridized carbons (Fsp3) is 0.455. The summed E-state index contributed by atoms with van der Waals surface area (Å²) in [5.74, 6) is -0.158. The van der Waals surface area contributed by atoms with Crippen LogP contribution in [0.15, 0.2) is 41.8 Å². The zero-order valence-electron chi connectivity index (χ0n) is 16.2. The van der Waals surface area contributed by atoms with Gasteiger partial charge in [-0.05, 0) is 29.3 Å². The summed E-state index contributed by atoms with van der Waals surface area (Å²) in [6.07, 6.45) is 1.85. The fourth-order valence-corrected chi connectivity index (χ4v) is 5.58. The van der Waals surface area contributed by atoms with E-state index in [4.69, 9.17) is 4.74 Å². The van der Waals surface area contributed by atoms with E-state index in [1.807, 2.05) is 42.8 Å². The third kappa shape index (κ3) is 2.38. The van der Waals surface area contributed by atoms with E-state index in [0.717, 1.165) is 22.4 Å². The summed E-state index contributed by atoms with van der Waals surface area (Å²) in [5.41, 5.74) is -0.263. The van der Waals surface area contributed by atoms with Crippen molar-refractivity contribution in [1.82, 2.24) is 0 Å². The fourth-order valence-electron chi connectivity index (χ4n) is 4.70. The Balaban J connectivity index is 1.98. The zero-order valence-corrected chi connectivity index (χ0v) is 17.0. The molecule has 27 heavy (non-hydrogen) atoms. The first-order chi connectivity index (χ1) is 12.8. The van der Waals surface area contributed by atoms with Crippen LogP contribution in [0.3, 0.4) is 0 Å². The molecule has 2 aliphatic rings. The maximum absolute atomic E-state index is 13.6. The predicted molar refractivity (Wildman–Crippen MR) is 107 cm³/mol. The van der Waals surface area contributed by atoms with Crippen LogP contribution in [0, 0.1) is 5.41 Å². The summed E-state index contributed by atoms with van der Waals surface area (Å²) in [5, 5.41) is 2.04. The van der Waals surface area contributed by atoms with Gasteiger partial charge in [0.05, 0.1) is 11.3 Å². The first kappa shape index (κ1) is 18.4. The second-order valence-corrected chi connectivity index (χ2v) is 9.59. The normalized spacial score (nSPS) is 30.1. The molecular weight excluding hydrogens is 358 g/mol. The molecule has 1 saturated heterocycles. The highest BCUT2D eigenvalue weighted by Gasteiger charge is 2.67. The average molecular weight is 384 g/mol. The van der Waals surface area contributed by atoms with Crippen molar-refractivity contribution in [1.29, 1.82) is 0 Å². The minimum absolute atomic E-state index is 0.0425. The number of anilines is 1. The SMILES string of the molecule is CN1C(=O)[C@@]2(O[C@@](CC=O)(C(C)(C)C)C[C@H]2c2cccs2)c2ccccc21. The zero-order chi connectivity index (χ0) is 19.4. The summed E-state index contributed by atoms with van der Waals surface area (Å²) in [6.45, 7) is 6.28. The Morgan fingerprint density at radius 2 is 2.00 bits per heavy atom. The Labute approximate surface area is 164 Å². The van der Waals surface area contributed by atoms with Crippen molar-refractivity contribution in [3.05, 3.63) is 52.2 Å². The molecule has 1 amide bonds. The van der Waals surface area contributed by atoms with Crippen molar-refractivity contribution in [3.8, 4) is 0 Å². The number of fused-ring (bicyclic) bond motifs is 2. The molecule has 0 unspecified atom stereocenters. The standard InChI is InChI=1S/C22H25NO3S/c1-20(2,3)21(11-12-24)14-16(18-10-7-13-27-18)22(26-21)15-8-5-6-9-17(15)23(4)19(22)25/h5-10,12-13,16H,11,14H2,1-4H3/t16-,21+,22+/m0/s1. The van der Waals surface area contributed by atoms with Crippen LogP contribution >= 0.6 is 11.3 Å². The number of amides is 1. The third-order valence-electron chi connectivity index (χ3n) is 6.34. The van der Waals surface area contributed by atoms with Crippen LogP contribution in [-0.4, -0.2) is 24.8 Å². The number of carbonyl (C=O) groups excluding carboxylic acids is 2. The minimum Gasteiger partial charge on any atom is -0.352 e. The van der Waals surface area contributed by atoms with Gasteiger partial charge in [-0.2, -0.15) is 0 Å². The number of rotatable bonds is 3. The highest BCUT2D eigenvalue weighted by atomic mass is 32.1. The summed E-state index contributed by atoms with van der Waals surface area (Å²) < 4.78 is 6.83. The maximum Gasteiger partial charge on any atom is 0.264 e. The van der Waals surface area contributed by atoms with Crippen molar-refractivity contribution >= 4 is 29.2 Å². The lowest BCUT2D eigenvalue weighted by molar-refractivity contribution is -0.175. The van der Waals surface area contributed by atoms with Gasteiger partial charge < -0.3 is 14.4 Å². The van der Waals surface area contributed by atoms with Crippen LogP contribution in [0.5, 0.6) is 0 Å². The van der Waals surface area contributed by atoms with E-state index in [1.165, 1.54) is 0 Å². The van der Waals surface area contributed by atoms with Crippen molar-refractivity contribution in [2.45, 2.75) is 50.7 Å². The number of para-hydroxylation sites is 1. The largest absolute Gasteiger partial charge is 0.352 e. The molecule has 0 aliphatic carbocycles. The van der Waals surface area contributed by atoms with E-state index < -0.39 is 11.2 Å². The number of hydrogen-bond acceptors (Lipinski definition) is 4. The Morgan fingerprint density at radius 1 is 1.26 bits per heavy atom. The van der Waals surface area contributed by atoms with E-state index in [0.29, 0.717) is 6.42 Å². The molecule has 3 heterocycles. The lowest BCUT2D eigenvalue weighted by Crippen LogP contribution is -2.48. The second-order valence-electron chi connectivity index (χ2n) is 8.61. The highest BCUT2D eigenvalue weighted by Crippen LogP contribution is 2.63. The number of ether oxygens (including phenoxy) is 1. The van der Waals surface area contributed by atoms with Gasteiger partial charge in [0.25, 0.3) is 5.91 Å². The number of nitrogens with zero attached hydrogens (tertiary/aromatic N) is 1. The van der Waals surface area contributed by atoms with Crippen molar-refractivity contribution in [2.75, 3.05) is 11.9 Å². The minimum atomic E-state index is -1.08. The quantitative estimate of drug-likeness (QED) is 0.733. The summed E-state index contributed by atoms with van der Waals surface area (Å²) >= 11 is 1.65. The van der Waals surface area contributed by atoms with Crippen LogP contribution in [-0.2, 0) is 19.9 Å². The van der Waals surface area contributed by atoms with Crippen LogP contribution in [0.4, 0.5) is 5.69 Å². The summed E-state index contributed by atoms with van der Waals surface area (Å²) in [6, 6.07) is 12.0. The molecule has 3 atom stereocenters. The van der Waals surface area contributed by atoms with Crippen molar-refractivity contribution in [2.24, 2.45) is 5.41 Å². The van der Waals surface area contributed by atoms with E-state index >= 15 is 0 Å². The number of benzene rings is 1. The van der Waals surface area contributed by atoms with Gasteiger partial charge >= 0.3 is 0 Å². The molecule has 1 fully saturated rings. The molecule has 142 valence electrons. The lowest BCUT2D eigenvalue weighted by atomic mass is 9.70. The Kier molecular flexibility index (Phi) is 4.09. The van der Waals surface area contributed by atoms with Gasteiger partial charge in [-0.1, -0.05) is 45.0 Å². The molecule has 1 aromatic heterocycles. The van der Waals surface area contributed by atoms with Gasteiger partial charge in [0, 0.05) is 29.8 Å². The molecular formula is C22H25NO3S. The number of thiophene rings is 1. The molecule has 2 aliphatic heterocycles. The first-order valence-electron chi connectivity index (χ1n) is 9.32. The van der Waals surface area contributed by atoms with Crippen molar-refractivity contribution < 1.29 is 14.3 Å². The Hall–Kier alpha value is -1.98. The molecule has 0 N–H and O–H groups in total. The number of carbonyl (C=O) groups is 2. The molecule has 4 rings (SSSR count). The first-order valence-corrected chi connectivity index (χ1v) is 10.2. The van der Waals surface area contributed by atoms with E-state index in [-0.39, 0.29) is 23.7 Å². The maximum atomic E-state index is 13.6. The van der Waals surface area contributed by atoms with Gasteiger partial charge in [0.1, 0.15) is 6.29 Å². The number of likely N-dealkylation sites (N-methyl/N-ethyl adjacent to an activating group) is 1. The molecule has 2 aromatic rings. The molecule has 0 bridgehead atoms. The third-order valence-corrected chi connectivity index (χ3v) is 7.32.